The number of aliphatic hydroxyl groups is 1. The van der Waals surface area contributed by atoms with Gasteiger partial charge in [0, 0.05) is 13.7 Å². The number of aromatic nitrogens is 2. The summed E-state index contributed by atoms with van der Waals surface area (Å²) in [7, 11) is 1.67. The second kappa shape index (κ2) is 6.23. The standard InChI is InChI=1S/C11H19ClN2O2/c1-4-14-11(9(12)7-13-14)10(15)6-5-8(2)16-3/h7-8,10,15H,4-6H2,1-3H3. The number of nitrogens with zero attached hydrogens (tertiary/aromatic N) is 2. The molecule has 0 aliphatic heterocycles. The minimum Gasteiger partial charge on any atom is -0.387 e. The largest absolute Gasteiger partial charge is 0.387 e. The molecule has 0 aliphatic rings. The first-order valence-corrected chi connectivity index (χ1v) is 5.90. The summed E-state index contributed by atoms with van der Waals surface area (Å²) in [4.78, 5) is 0. The maximum absolute atomic E-state index is 10.0. The fourth-order valence-corrected chi connectivity index (χ4v) is 1.87. The summed E-state index contributed by atoms with van der Waals surface area (Å²) in [5, 5.41) is 14.7. The monoisotopic (exact) mass is 246 g/mol. The molecule has 0 aromatic carbocycles. The molecule has 2 unspecified atom stereocenters. The highest BCUT2D eigenvalue weighted by Gasteiger charge is 2.18. The Kier molecular flexibility index (Phi) is 5.25. The lowest BCUT2D eigenvalue weighted by molar-refractivity contribution is 0.0825. The van der Waals surface area contributed by atoms with Crippen molar-refractivity contribution in [3.63, 3.8) is 0 Å². The van der Waals surface area contributed by atoms with E-state index in [1.807, 2.05) is 13.8 Å². The van der Waals surface area contributed by atoms with Gasteiger partial charge in [-0.15, -0.1) is 0 Å². The summed E-state index contributed by atoms with van der Waals surface area (Å²) in [6.07, 6.45) is 2.56. The van der Waals surface area contributed by atoms with E-state index in [0.717, 1.165) is 6.42 Å². The van der Waals surface area contributed by atoms with Crippen LogP contribution in [0.5, 0.6) is 0 Å². The molecule has 0 aliphatic carbocycles. The van der Waals surface area contributed by atoms with E-state index in [4.69, 9.17) is 16.3 Å². The third-order valence-electron chi connectivity index (χ3n) is 2.70. The van der Waals surface area contributed by atoms with Crippen molar-refractivity contribution in [1.29, 1.82) is 0 Å². The van der Waals surface area contributed by atoms with Gasteiger partial charge in [-0.2, -0.15) is 5.10 Å². The molecule has 1 aromatic heterocycles. The second-order valence-electron chi connectivity index (χ2n) is 3.83. The van der Waals surface area contributed by atoms with E-state index in [-0.39, 0.29) is 6.10 Å². The summed E-state index contributed by atoms with van der Waals surface area (Å²) in [5.41, 5.74) is 0.701. The maximum atomic E-state index is 10.0. The van der Waals surface area contributed by atoms with Crippen LogP contribution < -0.4 is 0 Å². The van der Waals surface area contributed by atoms with Crippen molar-refractivity contribution < 1.29 is 9.84 Å². The van der Waals surface area contributed by atoms with E-state index in [1.165, 1.54) is 0 Å². The summed E-state index contributed by atoms with van der Waals surface area (Å²) < 4.78 is 6.86. The van der Waals surface area contributed by atoms with Crippen molar-refractivity contribution in [3.05, 3.63) is 16.9 Å². The highest BCUT2D eigenvalue weighted by atomic mass is 35.5. The van der Waals surface area contributed by atoms with Crippen LogP contribution in [-0.2, 0) is 11.3 Å². The molecule has 0 saturated carbocycles. The number of rotatable bonds is 6. The van der Waals surface area contributed by atoms with Crippen molar-refractivity contribution in [2.24, 2.45) is 0 Å². The van der Waals surface area contributed by atoms with E-state index in [9.17, 15) is 5.11 Å². The van der Waals surface area contributed by atoms with Crippen molar-refractivity contribution in [2.75, 3.05) is 7.11 Å². The Hall–Kier alpha value is -0.580. The number of aryl methyl sites for hydroxylation is 1. The summed E-state index contributed by atoms with van der Waals surface area (Å²) >= 11 is 5.99. The van der Waals surface area contributed by atoms with Gasteiger partial charge in [-0.1, -0.05) is 11.6 Å². The lowest BCUT2D eigenvalue weighted by atomic mass is 10.1. The van der Waals surface area contributed by atoms with Crippen LogP contribution >= 0.6 is 11.6 Å². The highest BCUT2D eigenvalue weighted by molar-refractivity contribution is 6.31. The third kappa shape index (κ3) is 3.20. The molecule has 0 fully saturated rings. The lowest BCUT2D eigenvalue weighted by Gasteiger charge is -2.15. The van der Waals surface area contributed by atoms with E-state index in [2.05, 4.69) is 5.10 Å². The smallest absolute Gasteiger partial charge is 0.0972 e. The SMILES string of the molecule is CCn1ncc(Cl)c1C(O)CCC(C)OC. The van der Waals surface area contributed by atoms with Crippen molar-refractivity contribution >= 4 is 11.6 Å². The molecule has 5 heteroatoms. The Bertz CT molecular complexity index is 328. The first-order valence-electron chi connectivity index (χ1n) is 5.52. The van der Waals surface area contributed by atoms with Crippen molar-refractivity contribution in [2.45, 2.75) is 45.4 Å². The number of ether oxygens (including phenoxy) is 1. The predicted molar refractivity (Wildman–Crippen MR) is 63.6 cm³/mol. The van der Waals surface area contributed by atoms with Crippen LogP contribution in [-0.4, -0.2) is 28.1 Å². The molecule has 16 heavy (non-hydrogen) atoms. The third-order valence-corrected chi connectivity index (χ3v) is 2.99. The van der Waals surface area contributed by atoms with Crippen LogP contribution in [0.25, 0.3) is 0 Å². The molecule has 1 heterocycles. The fourth-order valence-electron chi connectivity index (χ4n) is 1.60. The van der Waals surface area contributed by atoms with Crippen LogP contribution in [0.15, 0.2) is 6.20 Å². The Morgan fingerprint density at radius 2 is 2.25 bits per heavy atom. The van der Waals surface area contributed by atoms with Gasteiger partial charge >= 0.3 is 0 Å². The maximum Gasteiger partial charge on any atom is 0.0972 e. The topological polar surface area (TPSA) is 47.3 Å². The summed E-state index contributed by atoms with van der Waals surface area (Å²) in [6, 6.07) is 0. The molecule has 0 bridgehead atoms. The zero-order chi connectivity index (χ0) is 12.1. The Morgan fingerprint density at radius 3 is 2.81 bits per heavy atom. The van der Waals surface area contributed by atoms with Gasteiger partial charge in [0.05, 0.1) is 29.1 Å². The molecule has 0 radical (unpaired) electrons. The van der Waals surface area contributed by atoms with Gasteiger partial charge in [0.25, 0.3) is 0 Å². The zero-order valence-corrected chi connectivity index (χ0v) is 10.7. The molecule has 2 atom stereocenters. The van der Waals surface area contributed by atoms with Gasteiger partial charge in [-0.25, -0.2) is 0 Å². The minimum atomic E-state index is -0.576. The van der Waals surface area contributed by atoms with Crippen LogP contribution in [0, 0.1) is 0 Å². The molecule has 92 valence electrons. The van der Waals surface area contributed by atoms with Crippen LogP contribution in [0.3, 0.4) is 0 Å². The average molecular weight is 247 g/mol. The summed E-state index contributed by atoms with van der Waals surface area (Å²) in [5.74, 6) is 0. The molecule has 0 amide bonds. The van der Waals surface area contributed by atoms with Gasteiger partial charge in [0.2, 0.25) is 0 Å². The fraction of sp³-hybridized carbons (Fsp3) is 0.727. The first-order chi connectivity index (χ1) is 7.60. The number of halogens is 1. The Balaban J connectivity index is 2.64. The van der Waals surface area contributed by atoms with Crippen molar-refractivity contribution in [1.82, 2.24) is 9.78 Å². The van der Waals surface area contributed by atoms with E-state index in [0.29, 0.717) is 23.7 Å². The van der Waals surface area contributed by atoms with Gasteiger partial charge in [-0.3, -0.25) is 4.68 Å². The van der Waals surface area contributed by atoms with Gasteiger partial charge < -0.3 is 9.84 Å². The molecule has 0 saturated heterocycles. The molecule has 1 aromatic rings. The van der Waals surface area contributed by atoms with Crippen LogP contribution in [0.4, 0.5) is 0 Å². The average Bonchev–Trinajstić information content (AvgIpc) is 2.66. The second-order valence-corrected chi connectivity index (χ2v) is 4.24. The molecule has 0 spiro atoms. The van der Waals surface area contributed by atoms with Gasteiger partial charge in [0.15, 0.2) is 0 Å². The number of hydrogen-bond donors (Lipinski definition) is 1. The van der Waals surface area contributed by atoms with Crippen LogP contribution in [0.2, 0.25) is 5.02 Å². The molecule has 4 nitrogen and oxygen atoms in total. The lowest BCUT2D eigenvalue weighted by Crippen LogP contribution is -2.12. The molecular formula is C11H19ClN2O2. The van der Waals surface area contributed by atoms with Gasteiger partial charge in [-0.05, 0) is 26.7 Å². The molecular weight excluding hydrogens is 228 g/mol. The van der Waals surface area contributed by atoms with E-state index < -0.39 is 6.10 Å². The van der Waals surface area contributed by atoms with Crippen LogP contribution in [0.1, 0.15) is 38.5 Å². The minimum absolute atomic E-state index is 0.145. The van der Waals surface area contributed by atoms with Gasteiger partial charge in [0.1, 0.15) is 0 Å². The quantitative estimate of drug-likeness (QED) is 0.839. The molecule has 1 rings (SSSR count). The van der Waals surface area contributed by atoms with E-state index in [1.54, 1.807) is 18.0 Å². The number of hydrogen-bond acceptors (Lipinski definition) is 3. The zero-order valence-electron chi connectivity index (χ0n) is 9.98. The summed E-state index contributed by atoms with van der Waals surface area (Å²) in [6.45, 7) is 4.65. The number of aliphatic hydroxyl groups excluding tert-OH is 1. The predicted octanol–water partition coefficient (Wildman–Crippen LogP) is 2.40. The Morgan fingerprint density at radius 1 is 1.56 bits per heavy atom. The van der Waals surface area contributed by atoms with Crippen molar-refractivity contribution in [3.8, 4) is 0 Å². The number of methoxy groups -OCH3 is 1. The highest BCUT2D eigenvalue weighted by Crippen LogP contribution is 2.26. The normalized spacial score (nSPS) is 15.1. The molecule has 1 N–H and O–H groups in total. The Labute approximate surface area is 101 Å². The first kappa shape index (κ1) is 13.5. The van der Waals surface area contributed by atoms with E-state index >= 15 is 0 Å².